The maximum atomic E-state index is 12.3. The van der Waals surface area contributed by atoms with Crippen LogP contribution in [0.3, 0.4) is 0 Å². The van der Waals surface area contributed by atoms with Gasteiger partial charge >= 0.3 is 0 Å². The molecule has 1 atom stereocenters. The number of aromatic nitrogens is 1. The van der Waals surface area contributed by atoms with E-state index in [2.05, 4.69) is 22.4 Å². The highest BCUT2D eigenvalue weighted by atomic mass is 32.1. The fourth-order valence-corrected chi connectivity index (χ4v) is 4.99. The van der Waals surface area contributed by atoms with Crippen molar-refractivity contribution in [3.05, 3.63) is 40.5 Å². The normalized spacial score (nSPS) is 23.3. The van der Waals surface area contributed by atoms with E-state index < -0.39 is 5.54 Å². The van der Waals surface area contributed by atoms with E-state index in [9.17, 15) is 4.79 Å². The molecule has 0 aromatic carbocycles. The van der Waals surface area contributed by atoms with Gasteiger partial charge < -0.3 is 5.32 Å². The van der Waals surface area contributed by atoms with Crippen molar-refractivity contribution in [2.24, 2.45) is 0 Å². The number of hydrogen-bond acceptors (Lipinski definition) is 4. The molecule has 3 heterocycles. The molecule has 0 bridgehead atoms. The molecule has 6 heteroatoms. The van der Waals surface area contributed by atoms with E-state index in [0.29, 0.717) is 6.42 Å². The van der Waals surface area contributed by atoms with E-state index in [4.69, 9.17) is 5.41 Å². The van der Waals surface area contributed by atoms with Gasteiger partial charge in [0.05, 0.1) is 12.0 Å². The van der Waals surface area contributed by atoms with E-state index in [1.54, 1.807) is 18.4 Å². The average molecular weight is 340 g/mol. The number of nitrogens with one attached hydrogen (secondary N) is 2. The van der Waals surface area contributed by atoms with Crippen LogP contribution in [0.25, 0.3) is 10.4 Å². The summed E-state index contributed by atoms with van der Waals surface area (Å²) in [6, 6.07) is 4.35. The van der Waals surface area contributed by atoms with Gasteiger partial charge in [-0.05, 0) is 49.4 Å². The lowest BCUT2D eigenvalue weighted by molar-refractivity contribution is -0.129. The molecule has 24 heavy (non-hydrogen) atoms. The third-order valence-electron chi connectivity index (χ3n) is 5.01. The Morgan fingerprint density at radius 1 is 1.38 bits per heavy atom. The second-order valence-electron chi connectivity index (χ2n) is 6.74. The number of aryl methyl sites for hydroxylation is 2. The summed E-state index contributed by atoms with van der Waals surface area (Å²) in [6.45, 7) is 2.05. The van der Waals surface area contributed by atoms with Gasteiger partial charge in [0.2, 0.25) is 5.91 Å². The van der Waals surface area contributed by atoms with Gasteiger partial charge in [0.1, 0.15) is 0 Å². The molecule has 1 amide bonds. The first-order chi connectivity index (χ1) is 11.5. The lowest BCUT2D eigenvalue weighted by Gasteiger charge is -2.44. The monoisotopic (exact) mass is 340 g/mol. The van der Waals surface area contributed by atoms with Gasteiger partial charge in [-0.1, -0.05) is 0 Å². The highest BCUT2D eigenvalue weighted by Crippen LogP contribution is 2.45. The standard InChI is InChI=1S/C18H20N4OS/c1-11-6-12(10-20-9-11)15-7-13-14(24-15)4-3-5-18(13)8-16(23)22(2)17(19)21-18/h6-7,9-10H,3-5,8H2,1-2H3,(H2,19,21)/t18-/m0/s1. The quantitative estimate of drug-likeness (QED) is 0.838. The number of hydrogen-bond donors (Lipinski definition) is 2. The third kappa shape index (κ3) is 2.33. The van der Waals surface area contributed by atoms with Crippen LogP contribution in [0.15, 0.2) is 24.5 Å². The lowest BCUT2D eigenvalue weighted by atomic mass is 9.76. The van der Waals surface area contributed by atoms with Crippen LogP contribution in [-0.2, 0) is 16.8 Å². The number of fused-ring (bicyclic) bond motifs is 2. The van der Waals surface area contributed by atoms with Crippen molar-refractivity contribution in [2.75, 3.05) is 7.05 Å². The van der Waals surface area contributed by atoms with Crippen molar-refractivity contribution < 1.29 is 4.79 Å². The minimum Gasteiger partial charge on any atom is -0.346 e. The van der Waals surface area contributed by atoms with Gasteiger partial charge in [-0.15, -0.1) is 11.3 Å². The smallest absolute Gasteiger partial charge is 0.231 e. The maximum absolute atomic E-state index is 12.3. The molecule has 4 rings (SSSR count). The zero-order valence-corrected chi connectivity index (χ0v) is 14.7. The average Bonchev–Trinajstić information content (AvgIpc) is 2.99. The Morgan fingerprint density at radius 3 is 2.96 bits per heavy atom. The van der Waals surface area contributed by atoms with Crippen molar-refractivity contribution in [3.8, 4) is 10.4 Å². The number of rotatable bonds is 1. The molecule has 1 spiro atoms. The number of nitrogens with zero attached hydrogens (tertiary/aromatic N) is 2. The first kappa shape index (κ1) is 15.3. The van der Waals surface area contributed by atoms with Gasteiger partial charge in [0.25, 0.3) is 0 Å². The maximum Gasteiger partial charge on any atom is 0.231 e. The number of amides is 1. The van der Waals surface area contributed by atoms with Crippen LogP contribution in [0.2, 0.25) is 0 Å². The largest absolute Gasteiger partial charge is 0.346 e. The fraction of sp³-hybridized carbons (Fsp3) is 0.389. The Morgan fingerprint density at radius 2 is 2.21 bits per heavy atom. The Bertz CT molecular complexity index is 823. The first-order valence-electron chi connectivity index (χ1n) is 8.17. The summed E-state index contributed by atoms with van der Waals surface area (Å²) in [7, 11) is 1.66. The van der Waals surface area contributed by atoms with Gasteiger partial charge in [0.15, 0.2) is 5.96 Å². The van der Waals surface area contributed by atoms with Crippen molar-refractivity contribution in [2.45, 2.75) is 38.1 Å². The van der Waals surface area contributed by atoms with Crippen molar-refractivity contribution in [1.29, 1.82) is 5.41 Å². The van der Waals surface area contributed by atoms with Gasteiger partial charge in [-0.25, -0.2) is 0 Å². The summed E-state index contributed by atoms with van der Waals surface area (Å²) in [5.41, 5.74) is 3.04. The van der Waals surface area contributed by atoms with E-state index in [1.165, 1.54) is 20.2 Å². The highest BCUT2D eigenvalue weighted by Gasteiger charge is 2.45. The second-order valence-corrected chi connectivity index (χ2v) is 7.87. The van der Waals surface area contributed by atoms with Gasteiger partial charge in [-0.2, -0.15) is 0 Å². The number of carbonyl (C=O) groups is 1. The molecule has 1 fully saturated rings. The summed E-state index contributed by atoms with van der Waals surface area (Å²) in [4.78, 5) is 20.6. The summed E-state index contributed by atoms with van der Waals surface area (Å²) >= 11 is 1.79. The van der Waals surface area contributed by atoms with E-state index in [1.807, 2.05) is 19.3 Å². The van der Waals surface area contributed by atoms with Crippen LogP contribution < -0.4 is 5.32 Å². The van der Waals surface area contributed by atoms with Crippen LogP contribution in [0, 0.1) is 12.3 Å². The summed E-state index contributed by atoms with van der Waals surface area (Å²) < 4.78 is 0. The number of thiophene rings is 1. The fourth-order valence-electron chi connectivity index (χ4n) is 3.71. The van der Waals surface area contributed by atoms with Crippen LogP contribution in [0.4, 0.5) is 0 Å². The van der Waals surface area contributed by atoms with Crippen LogP contribution in [-0.4, -0.2) is 28.8 Å². The molecule has 2 aromatic rings. The van der Waals surface area contributed by atoms with Crippen LogP contribution >= 0.6 is 11.3 Å². The first-order valence-corrected chi connectivity index (χ1v) is 8.99. The SMILES string of the molecule is Cc1cncc(-c2cc3c(s2)CCC[C@]32CC(=O)N(C)C(=N)N2)c1. The van der Waals surface area contributed by atoms with E-state index >= 15 is 0 Å². The van der Waals surface area contributed by atoms with E-state index in [-0.39, 0.29) is 11.9 Å². The van der Waals surface area contributed by atoms with Crippen molar-refractivity contribution in [1.82, 2.24) is 15.2 Å². The number of pyridine rings is 1. The molecule has 1 saturated heterocycles. The Balaban J connectivity index is 1.79. The topological polar surface area (TPSA) is 69.1 Å². The zero-order chi connectivity index (χ0) is 16.9. The second kappa shape index (κ2) is 5.41. The summed E-state index contributed by atoms with van der Waals surface area (Å²) in [5.74, 6) is 0.209. The molecule has 2 N–H and O–H groups in total. The molecular weight excluding hydrogens is 320 g/mol. The molecule has 124 valence electrons. The van der Waals surface area contributed by atoms with Gasteiger partial charge in [0, 0.05) is 34.8 Å². The van der Waals surface area contributed by atoms with Gasteiger partial charge in [-0.3, -0.25) is 20.1 Å². The predicted octanol–water partition coefficient (Wildman–Crippen LogP) is 3.04. The molecule has 2 aliphatic rings. The lowest BCUT2D eigenvalue weighted by Crippen LogP contribution is -2.60. The highest BCUT2D eigenvalue weighted by molar-refractivity contribution is 7.15. The van der Waals surface area contributed by atoms with E-state index in [0.717, 1.165) is 30.4 Å². The molecule has 1 aliphatic carbocycles. The number of carbonyl (C=O) groups excluding carboxylic acids is 1. The summed E-state index contributed by atoms with van der Waals surface area (Å²) in [5, 5.41) is 11.4. The molecule has 0 unspecified atom stereocenters. The minimum atomic E-state index is -0.416. The van der Waals surface area contributed by atoms with Crippen molar-refractivity contribution >= 4 is 23.2 Å². The van der Waals surface area contributed by atoms with Crippen LogP contribution in [0.5, 0.6) is 0 Å². The summed E-state index contributed by atoms with van der Waals surface area (Å²) in [6.07, 6.45) is 7.14. The third-order valence-corrected chi connectivity index (χ3v) is 6.26. The minimum absolute atomic E-state index is 0.0107. The Kier molecular flexibility index (Phi) is 3.46. The predicted molar refractivity (Wildman–Crippen MR) is 95.2 cm³/mol. The molecular formula is C18H20N4OS. The molecule has 0 saturated carbocycles. The molecule has 0 radical (unpaired) electrons. The molecule has 5 nitrogen and oxygen atoms in total. The van der Waals surface area contributed by atoms with Crippen molar-refractivity contribution in [3.63, 3.8) is 0 Å². The zero-order valence-electron chi connectivity index (χ0n) is 13.8. The Hall–Kier alpha value is -2.21. The molecule has 2 aromatic heterocycles. The Labute approximate surface area is 145 Å². The number of guanidine groups is 1. The molecule has 1 aliphatic heterocycles. The van der Waals surface area contributed by atoms with Crippen LogP contribution in [0.1, 0.15) is 35.3 Å².